The maximum atomic E-state index is 11.7. The van der Waals surface area contributed by atoms with E-state index in [1.165, 1.54) is 19.4 Å². The van der Waals surface area contributed by atoms with Crippen LogP contribution in [0.25, 0.3) is 0 Å². The number of hydrogen-bond acceptors (Lipinski definition) is 3. The summed E-state index contributed by atoms with van der Waals surface area (Å²) < 4.78 is 0. The van der Waals surface area contributed by atoms with Gasteiger partial charge in [-0.2, -0.15) is 0 Å². The van der Waals surface area contributed by atoms with Crippen molar-refractivity contribution in [3.05, 3.63) is 0 Å². The van der Waals surface area contributed by atoms with Gasteiger partial charge in [0.05, 0.1) is 6.54 Å². The van der Waals surface area contributed by atoms with Crippen LogP contribution >= 0.6 is 0 Å². The summed E-state index contributed by atoms with van der Waals surface area (Å²) in [6, 6.07) is 0.253. The number of hydrogen-bond donors (Lipinski definition) is 1. The number of likely N-dealkylation sites (tertiary alicyclic amines) is 1. The lowest BCUT2D eigenvalue weighted by molar-refractivity contribution is -0.132. The van der Waals surface area contributed by atoms with Gasteiger partial charge in [-0.1, -0.05) is 0 Å². The van der Waals surface area contributed by atoms with Crippen molar-refractivity contribution in [2.45, 2.75) is 32.7 Å². The van der Waals surface area contributed by atoms with Gasteiger partial charge in [-0.25, -0.2) is 0 Å². The van der Waals surface area contributed by atoms with E-state index in [0.717, 1.165) is 13.1 Å². The Morgan fingerprint density at radius 1 is 1.56 bits per heavy atom. The summed E-state index contributed by atoms with van der Waals surface area (Å²) in [5.41, 5.74) is 5.44. The first-order chi connectivity index (χ1) is 7.54. The predicted octanol–water partition coefficient (Wildman–Crippen LogP) is 0.524. The molecule has 0 aromatic rings. The second-order valence-corrected chi connectivity index (χ2v) is 5.11. The first-order valence-corrected chi connectivity index (χ1v) is 6.22. The van der Waals surface area contributed by atoms with Crippen molar-refractivity contribution in [3.63, 3.8) is 0 Å². The number of nitrogens with two attached hydrogens (primary N) is 1. The molecule has 16 heavy (non-hydrogen) atoms. The lowest BCUT2D eigenvalue weighted by Crippen LogP contribution is -2.46. The second-order valence-electron chi connectivity index (χ2n) is 5.11. The van der Waals surface area contributed by atoms with Crippen molar-refractivity contribution >= 4 is 5.91 Å². The molecule has 0 aromatic carbocycles. The number of carbonyl (C=O) groups excluding carboxylic acids is 1. The highest BCUT2D eigenvalue weighted by Gasteiger charge is 2.23. The van der Waals surface area contributed by atoms with Crippen molar-refractivity contribution in [2.75, 3.05) is 33.2 Å². The van der Waals surface area contributed by atoms with Gasteiger partial charge in [-0.05, 0) is 46.2 Å². The molecule has 1 fully saturated rings. The molecule has 0 aliphatic carbocycles. The molecule has 1 unspecified atom stereocenters. The van der Waals surface area contributed by atoms with Crippen LogP contribution in [-0.2, 0) is 4.79 Å². The summed E-state index contributed by atoms with van der Waals surface area (Å²) in [6.45, 7) is 7.38. The fraction of sp³-hybridized carbons (Fsp3) is 0.917. The maximum absolute atomic E-state index is 11.7. The Morgan fingerprint density at radius 3 is 2.75 bits per heavy atom. The minimum Gasteiger partial charge on any atom is -0.339 e. The third-order valence-electron chi connectivity index (χ3n) is 3.30. The van der Waals surface area contributed by atoms with Crippen LogP contribution in [0, 0.1) is 5.92 Å². The van der Waals surface area contributed by atoms with Crippen molar-refractivity contribution in [1.29, 1.82) is 0 Å². The number of amides is 1. The van der Waals surface area contributed by atoms with Crippen LogP contribution in [0.3, 0.4) is 0 Å². The Labute approximate surface area is 98.8 Å². The Kier molecular flexibility index (Phi) is 5.22. The molecule has 2 N–H and O–H groups in total. The Morgan fingerprint density at radius 2 is 2.25 bits per heavy atom. The molecular formula is C12H25N3O. The van der Waals surface area contributed by atoms with Crippen LogP contribution in [0.1, 0.15) is 26.7 Å². The number of carbonyl (C=O) groups is 1. The normalized spacial score (nSPS) is 22.4. The molecule has 4 nitrogen and oxygen atoms in total. The van der Waals surface area contributed by atoms with E-state index >= 15 is 0 Å². The molecule has 0 radical (unpaired) electrons. The fourth-order valence-electron chi connectivity index (χ4n) is 2.42. The molecular weight excluding hydrogens is 202 g/mol. The van der Waals surface area contributed by atoms with Gasteiger partial charge in [0.25, 0.3) is 0 Å². The molecule has 1 saturated heterocycles. The predicted molar refractivity (Wildman–Crippen MR) is 66.1 cm³/mol. The van der Waals surface area contributed by atoms with Gasteiger partial charge < -0.3 is 15.5 Å². The summed E-state index contributed by atoms with van der Waals surface area (Å²) in [5, 5.41) is 0. The minimum absolute atomic E-state index is 0.0724. The lowest BCUT2D eigenvalue weighted by atomic mass is 9.97. The van der Waals surface area contributed by atoms with E-state index in [4.69, 9.17) is 5.73 Å². The Bertz CT molecular complexity index is 230. The molecule has 1 atom stereocenters. The Hall–Kier alpha value is -0.610. The lowest BCUT2D eigenvalue weighted by Gasteiger charge is -2.35. The summed E-state index contributed by atoms with van der Waals surface area (Å²) >= 11 is 0. The van der Waals surface area contributed by atoms with Crippen LogP contribution < -0.4 is 5.73 Å². The zero-order chi connectivity index (χ0) is 12.1. The number of piperidine rings is 1. The largest absolute Gasteiger partial charge is 0.339 e. The smallest absolute Gasteiger partial charge is 0.236 e. The van der Waals surface area contributed by atoms with E-state index in [-0.39, 0.29) is 18.5 Å². The fourth-order valence-corrected chi connectivity index (χ4v) is 2.42. The van der Waals surface area contributed by atoms with Gasteiger partial charge in [0.1, 0.15) is 0 Å². The molecule has 1 aliphatic rings. The molecule has 1 rings (SSSR count). The molecule has 94 valence electrons. The first-order valence-electron chi connectivity index (χ1n) is 6.22. The van der Waals surface area contributed by atoms with E-state index in [2.05, 4.69) is 25.8 Å². The summed E-state index contributed by atoms with van der Waals surface area (Å²) in [4.78, 5) is 16.0. The second kappa shape index (κ2) is 6.21. The molecule has 0 spiro atoms. The van der Waals surface area contributed by atoms with E-state index in [1.54, 1.807) is 0 Å². The van der Waals surface area contributed by atoms with Gasteiger partial charge in [-0.15, -0.1) is 0 Å². The quantitative estimate of drug-likeness (QED) is 0.762. The molecule has 1 aliphatic heterocycles. The third-order valence-corrected chi connectivity index (χ3v) is 3.30. The SMILES string of the molecule is CC(C)N(CC1CCCN(C)C1)C(=O)CN. The highest BCUT2D eigenvalue weighted by atomic mass is 16.2. The van der Waals surface area contributed by atoms with Gasteiger partial charge in [0, 0.05) is 19.1 Å². The maximum Gasteiger partial charge on any atom is 0.236 e. The third kappa shape index (κ3) is 3.76. The molecule has 0 bridgehead atoms. The summed E-state index contributed by atoms with van der Waals surface area (Å²) in [6.07, 6.45) is 2.47. The van der Waals surface area contributed by atoms with Gasteiger partial charge in [0.15, 0.2) is 0 Å². The minimum atomic E-state index is 0.0724. The van der Waals surface area contributed by atoms with E-state index < -0.39 is 0 Å². The first kappa shape index (κ1) is 13.5. The van der Waals surface area contributed by atoms with Crippen LogP contribution in [0.15, 0.2) is 0 Å². The van der Waals surface area contributed by atoms with E-state index in [0.29, 0.717) is 5.92 Å². The standard InChI is InChI=1S/C12H25N3O/c1-10(2)15(12(16)7-13)9-11-5-4-6-14(3)8-11/h10-11H,4-9,13H2,1-3H3. The molecule has 0 saturated carbocycles. The zero-order valence-electron chi connectivity index (χ0n) is 10.8. The zero-order valence-corrected chi connectivity index (χ0v) is 10.8. The summed E-state index contributed by atoms with van der Waals surface area (Å²) in [5.74, 6) is 0.680. The van der Waals surface area contributed by atoms with Crippen LogP contribution in [-0.4, -0.2) is 55.0 Å². The van der Waals surface area contributed by atoms with Crippen molar-refractivity contribution in [3.8, 4) is 0 Å². The number of rotatable bonds is 4. The van der Waals surface area contributed by atoms with E-state index in [9.17, 15) is 4.79 Å². The van der Waals surface area contributed by atoms with Crippen LogP contribution in [0.2, 0.25) is 0 Å². The Balaban J connectivity index is 2.50. The van der Waals surface area contributed by atoms with Crippen molar-refractivity contribution in [2.24, 2.45) is 11.7 Å². The molecule has 0 aromatic heterocycles. The average molecular weight is 227 g/mol. The van der Waals surface area contributed by atoms with Crippen LogP contribution in [0.4, 0.5) is 0 Å². The highest BCUT2D eigenvalue weighted by Crippen LogP contribution is 2.17. The van der Waals surface area contributed by atoms with E-state index in [1.807, 2.05) is 4.90 Å². The molecule has 1 amide bonds. The average Bonchev–Trinajstić information content (AvgIpc) is 2.24. The van der Waals surface area contributed by atoms with Gasteiger partial charge in [-0.3, -0.25) is 4.79 Å². The number of nitrogens with zero attached hydrogens (tertiary/aromatic N) is 2. The summed E-state index contributed by atoms with van der Waals surface area (Å²) in [7, 11) is 2.15. The van der Waals surface area contributed by atoms with Crippen molar-refractivity contribution in [1.82, 2.24) is 9.80 Å². The molecule has 1 heterocycles. The highest BCUT2D eigenvalue weighted by molar-refractivity contribution is 5.78. The monoisotopic (exact) mass is 227 g/mol. The topological polar surface area (TPSA) is 49.6 Å². The molecule has 4 heteroatoms. The van der Waals surface area contributed by atoms with Gasteiger partial charge in [0.2, 0.25) is 5.91 Å². The van der Waals surface area contributed by atoms with Crippen molar-refractivity contribution < 1.29 is 4.79 Å². The van der Waals surface area contributed by atoms with Crippen LogP contribution in [0.5, 0.6) is 0 Å². The van der Waals surface area contributed by atoms with Gasteiger partial charge >= 0.3 is 0 Å².